The molecule has 0 radical (unpaired) electrons. The predicted octanol–water partition coefficient (Wildman–Crippen LogP) is 2.62. The van der Waals surface area contributed by atoms with Crippen molar-refractivity contribution < 1.29 is 18.0 Å². The number of hydrogen-bond donors (Lipinski definition) is 1. The van der Waals surface area contributed by atoms with Crippen molar-refractivity contribution in [3.05, 3.63) is 48.3 Å². The number of benzene rings is 1. The lowest BCUT2D eigenvalue weighted by Gasteiger charge is -2.24. The molecule has 0 aliphatic rings. The summed E-state index contributed by atoms with van der Waals surface area (Å²) in [6, 6.07) is 5.62. The van der Waals surface area contributed by atoms with Crippen LogP contribution in [0.15, 0.2) is 36.9 Å². The maximum atomic E-state index is 12.6. The molecule has 3 aromatic rings. The smallest absolute Gasteiger partial charge is 0.365 e. The van der Waals surface area contributed by atoms with E-state index in [1.807, 2.05) is 42.1 Å². The van der Waals surface area contributed by atoms with Crippen LogP contribution in [-0.4, -0.2) is 64.9 Å². The van der Waals surface area contributed by atoms with Gasteiger partial charge in [0.1, 0.15) is 18.4 Å². The molecular weight excluding hydrogens is 411 g/mol. The summed E-state index contributed by atoms with van der Waals surface area (Å²) in [5, 5.41) is 3.83. The van der Waals surface area contributed by atoms with Gasteiger partial charge in [0.2, 0.25) is 5.82 Å². The number of carbonyl (C=O) groups is 1. The number of hydrogen-bond acceptors (Lipinski definition) is 8. The van der Waals surface area contributed by atoms with E-state index in [1.165, 1.54) is 6.33 Å². The fourth-order valence-corrected chi connectivity index (χ4v) is 2.90. The van der Waals surface area contributed by atoms with Crippen molar-refractivity contribution in [3.8, 4) is 0 Å². The van der Waals surface area contributed by atoms with Crippen LogP contribution in [0.2, 0.25) is 0 Å². The number of aromatic nitrogens is 4. The quantitative estimate of drug-likeness (QED) is 0.516. The van der Waals surface area contributed by atoms with E-state index in [-0.39, 0.29) is 13.1 Å². The second kappa shape index (κ2) is 9.65. The second-order valence-electron chi connectivity index (χ2n) is 7.11. The topological polar surface area (TPSA) is 87.1 Å². The third-order valence-corrected chi connectivity index (χ3v) is 4.51. The van der Waals surface area contributed by atoms with Crippen LogP contribution in [0, 0.1) is 0 Å². The number of nitrogens with one attached hydrogen (secondary N) is 1. The zero-order chi connectivity index (χ0) is 22.4. The van der Waals surface area contributed by atoms with Gasteiger partial charge in [0.25, 0.3) is 0 Å². The Labute approximate surface area is 177 Å². The van der Waals surface area contributed by atoms with Crippen LogP contribution in [0.5, 0.6) is 0 Å². The zero-order valence-corrected chi connectivity index (χ0v) is 17.1. The molecule has 3 rings (SSSR count). The van der Waals surface area contributed by atoms with Crippen LogP contribution in [0.3, 0.4) is 0 Å². The van der Waals surface area contributed by atoms with Crippen LogP contribution in [-0.2, 0) is 17.5 Å². The van der Waals surface area contributed by atoms with Gasteiger partial charge in [-0.25, -0.2) is 19.9 Å². The van der Waals surface area contributed by atoms with Gasteiger partial charge in [-0.3, -0.25) is 0 Å². The van der Waals surface area contributed by atoms with Gasteiger partial charge in [0.15, 0.2) is 0 Å². The number of anilines is 2. The monoisotopic (exact) mass is 433 g/mol. The van der Waals surface area contributed by atoms with Crippen molar-refractivity contribution >= 4 is 28.7 Å². The van der Waals surface area contributed by atoms with Gasteiger partial charge in [-0.1, -0.05) is 0 Å². The van der Waals surface area contributed by atoms with Crippen LogP contribution in [0.25, 0.3) is 10.9 Å². The maximum Gasteiger partial charge on any atom is 0.451 e. The summed E-state index contributed by atoms with van der Waals surface area (Å²) in [4.78, 5) is 30.4. The van der Waals surface area contributed by atoms with Crippen molar-refractivity contribution in [1.82, 2.24) is 24.8 Å². The molecule has 0 bridgehead atoms. The minimum absolute atomic E-state index is 0.188. The van der Waals surface area contributed by atoms with Crippen LogP contribution < -0.4 is 10.2 Å². The summed E-state index contributed by atoms with van der Waals surface area (Å²) < 4.78 is 37.8. The van der Waals surface area contributed by atoms with Gasteiger partial charge in [0, 0.05) is 48.7 Å². The normalized spacial score (nSPS) is 11.7. The lowest BCUT2D eigenvalue weighted by Crippen LogP contribution is -2.33. The molecule has 2 aromatic heterocycles. The molecule has 0 amide bonds. The summed E-state index contributed by atoms with van der Waals surface area (Å²) in [5.41, 5.74) is 2.02. The molecule has 2 heterocycles. The first-order chi connectivity index (χ1) is 14.8. The zero-order valence-electron chi connectivity index (χ0n) is 17.1. The number of likely N-dealkylation sites (N-methyl/N-ethyl adjacent to an activating group) is 1. The van der Waals surface area contributed by atoms with E-state index in [4.69, 9.17) is 0 Å². The Morgan fingerprint density at radius 1 is 1.06 bits per heavy atom. The van der Waals surface area contributed by atoms with Gasteiger partial charge >= 0.3 is 6.18 Å². The molecule has 0 saturated heterocycles. The van der Waals surface area contributed by atoms with Gasteiger partial charge in [-0.05, 0) is 32.3 Å². The third kappa shape index (κ3) is 5.85. The van der Waals surface area contributed by atoms with Crippen molar-refractivity contribution in [1.29, 1.82) is 0 Å². The first kappa shape index (κ1) is 22.3. The predicted molar refractivity (Wildman–Crippen MR) is 111 cm³/mol. The molecule has 31 heavy (non-hydrogen) atoms. The number of alkyl halides is 3. The van der Waals surface area contributed by atoms with Crippen molar-refractivity contribution in [3.63, 3.8) is 0 Å². The number of rotatable bonds is 9. The molecule has 1 aromatic carbocycles. The maximum absolute atomic E-state index is 12.6. The van der Waals surface area contributed by atoms with Gasteiger partial charge in [-0.15, -0.1) is 0 Å². The molecule has 0 spiro atoms. The van der Waals surface area contributed by atoms with Gasteiger partial charge in [-0.2, -0.15) is 13.2 Å². The molecule has 0 saturated carbocycles. The summed E-state index contributed by atoms with van der Waals surface area (Å²) in [5.74, 6) is -0.660. The third-order valence-electron chi connectivity index (χ3n) is 4.51. The van der Waals surface area contributed by atoms with Gasteiger partial charge < -0.3 is 19.9 Å². The lowest BCUT2D eigenvalue weighted by molar-refractivity contribution is -0.145. The molecule has 8 nitrogen and oxygen atoms in total. The molecule has 11 heteroatoms. The first-order valence-electron chi connectivity index (χ1n) is 9.48. The number of carbonyl (C=O) groups excluding carboxylic acids is 1. The summed E-state index contributed by atoms with van der Waals surface area (Å²) in [7, 11) is 3.92. The summed E-state index contributed by atoms with van der Waals surface area (Å²) in [6.07, 6.45) is -0.0610. The minimum atomic E-state index is -4.58. The lowest BCUT2D eigenvalue weighted by atomic mass is 10.2. The standard InChI is InChI=1S/C20H22F3N7O/c1-29(2)5-6-30(7-8-31)15-3-4-17-16(9-15)18(28-13-27-17)24-10-14-11-25-19(26-12-14)20(21,22)23/h3-4,8-9,11-13H,5-7,10H2,1-2H3,(H,24,27,28). The minimum Gasteiger partial charge on any atom is -0.365 e. The molecule has 164 valence electrons. The Balaban J connectivity index is 1.82. The SMILES string of the molecule is CN(C)CCN(CC=O)c1ccc2ncnc(NCc3cnc(C(F)(F)F)nc3)c2c1. The highest BCUT2D eigenvalue weighted by atomic mass is 19.4. The van der Waals surface area contributed by atoms with E-state index < -0.39 is 12.0 Å². The highest BCUT2D eigenvalue weighted by Crippen LogP contribution is 2.27. The summed E-state index contributed by atoms with van der Waals surface area (Å²) >= 11 is 0. The molecular formula is C20H22F3N7O. The van der Waals surface area contributed by atoms with E-state index in [2.05, 4.69) is 25.3 Å². The Kier molecular flexibility index (Phi) is 6.95. The molecule has 0 fully saturated rings. The Hall–Kier alpha value is -3.34. The molecule has 0 unspecified atom stereocenters. The van der Waals surface area contributed by atoms with Crippen LogP contribution in [0.4, 0.5) is 24.7 Å². The second-order valence-corrected chi connectivity index (χ2v) is 7.11. The Bertz CT molecular complexity index is 1030. The highest BCUT2D eigenvalue weighted by Gasteiger charge is 2.34. The van der Waals surface area contributed by atoms with Crippen LogP contribution in [0.1, 0.15) is 11.4 Å². The molecule has 1 N–H and O–H groups in total. The van der Waals surface area contributed by atoms with E-state index >= 15 is 0 Å². The molecule has 0 atom stereocenters. The fraction of sp³-hybridized carbons (Fsp3) is 0.350. The highest BCUT2D eigenvalue weighted by molar-refractivity contribution is 5.91. The number of nitrogens with zero attached hydrogens (tertiary/aromatic N) is 6. The largest absolute Gasteiger partial charge is 0.451 e. The van der Waals surface area contributed by atoms with E-state index in [1.54, 1.807) is 0 Å². The van der Waals surface area contributed by atoms with Gasteiger partial charge in [0.05, 0.1) is 12.1 Å². The first-order valence-corrected chi connectivity index (χ1v) is 9.48. The number of fused-ring (bicyclic) bond motifs is 1. The van der Waals surface area contributed by atoms with Crippen molar-refractivity contribution in [2.24, 2.45) is 0 Å². The fourth-order valence-electron chi connectivity index (χ4n) is 2.90. The van der Waals surface area contributed by atoms with Crippen molar-refractivity contribution in [2.45, 2.75) is 12.7 Å². The Morgan fingerprint density at radius 3 is 2.45 bits per heavy atom. The van der Waals surface area contributed by atoms with E-state index in [0.29, 0.717) is 23.4 Å². The van der Waals surface area contributed by atoms with E-state index in [0.717, 1.165) is 36.3 Å². The average molecular weight is 433 g/mol. The van der Waals surface area contributed by atoms with Crippen LogP contribution >= 0.6 is 0 Å². The molecule has 0 aliphatic carbocycles. The number of halogens is 3. The van der Waals surface area contributed by atoms with Crippen molar-refractivity contribution in [2.75, 3.05) is 43.9 Å². The molecule has 0 aliphatic heterocycles. The average Bonchev–Trinajstić information content (AvgIpc) is 2.74. The Morgan fingerprint density at radius 2 is 1.81 bits per heavy atom. The number of aldehydes is 1. The van der Waals surface area contributed by atoms with E-state index in [9.17, 15) is 18.0 Å². The summed E-state index contributed by atoms with van der Waals surface area (Å²) in [6.45, 7) is 1.87.